The van der Waals surface area contributed by atoms with Crippen LogP contribution in [0.3, 0.4) is 0 Å². The first kappa shape index (κ1) is 9.88. The van der Waals surface area contributed by atoms with Crippen LogP contribution in [0.15, 0.2) is 0 Å². The minimum Gasteiger partial charge on any atom is -0.391 e. The van der Waals surface area contributed by atoms with Crippen LogP contribution in [-0.4, -0.2) is 31.0 Å². The summed E-state index contributed by atoms with van der Waals surface area (Å²) in [5, 5.41) is 9.32. The maximum atomic E-state index is 9.32. The van der Waals surface area contributed by atoms with Crippen molar-refractivity contribution in [1.82, 2.24) is 0 Å². The van der Waals surface area contributed by atoms with Crippen LogP contribution in [0.2, 0.25) is 0 Å². The highest BCUT2D eigenvalue weighted by atomic mass is 16.5. The summed E-state index contributed by atoms with van der Waals surface area (Å²) in [4.78, 5) is 0. The summed E-state index contributed by atoms with van der Waals surface area (Å²) in [7, 11) is 1.62. The van der Waals surface area contributed by atoms with Crippen LogP contribution < -0.4 is 5.73 Å². The van der Waals surface area contributed by atoms with Gasteiger partial charge in [0.25, 0.3) is 0 Å². The predicted octanol–water partition coefficient (Wildman–Crippen LogP) is -0.0230. The first-order valence-corrected chi connectivity index (χ1v) is 3.52. The number of ether oxygens (including phenoxy) is 1. The van der Waals surface area contributed by atoms with Crippen LogP contribution in [0, 0.1) is 5.92 Å². The van der Waals surface area contributed by atoms with E-state index >= 15 is 0 Å². The number of hydrogen-bond acceptors (Lipinski definition) is 3. The molecule has 0 amide bonds. The molecule has 62 valence electrons. The van der Waals surface area contributed by atoms with Crippen molar-refractivity contribution in [2.45, 2.75) is 26.0 Å². The second-order valence-electron chi connectivity index (χ2n) is 2.78. The molecule has 0 aliphatic rings. The molecule has 0 aromatic carbocycles. The lowest BCUT2D eigenvalue weighted by atomic mass is 10.0. The molecule has 0 rings (SSSR count). The van der Waals surface area contributed by atoms with Gasteiger partial charge in [0.05, 0.1) is 12.7 Å². The van der Waals surface area contributed by atoms with E-state index in [4.69, 9.17) is 10.5 Å². The van der Waals surface area contributed by atoms with E-state index in [0.29, 0.717) is 6.61 Å². The third-order valence-electron chi connectivity index (χ3n) is 1.55. The van der Waals surface area contributed by atoms with Crippen molar-refractivity contribution in [3.8, 4) is 0 Å². The van der Waals surface area contributed by atoms with Gasteiger partial charge < -0.3 is 15.6 Å². The highest BCUT2D eigenvalue weighted by Crippen LogP contribution is 2.05. The zero-order valence-corrected chi connectivity index (χ0v) is 6.87. The Balaban J connectivity index is 3.58. The first-order valence-electron chi connectivity index (χ1n) is 3.52. The molecule has 0 saturated heterocycles. The summed E-state index contributed by atoms with van der Waals surface area (Å²) in [5.41, 5.74) is 5.46. The summed E-state index contributed by atoms with van der Waals surface area (Å²) in [6.07, 6.45) is -0.458. The summed E-state index contributed by atoms with van der Waals surface area (Å²) >= 11 is 0. The summed E-state index contributed by atoms with van der Waals surface area (Å²) in [5.74, 6) is 0.116. The Kier molecular flexibility index (Phi) is 4.60. The zero-order chi connectivity index (χ0) is 8.15. The molecular formula is C7H17NO2. The fraction of sp³-hybridized carbons (Fsp3) is 1.00. The number of methoxy groups -OCH3 is 1. The van der Waals surface area contributed by atoms with Gasteiger partial charge in [-0.05, 0) is 6.92 Å². The van der Waals surface area contributed by atoms with Crippen molar-refractivity contribution < 1.29 is 9.84 Å². The molecular weight excluding hydrogens is 130 g/mol. The Hall–Kier alpha value is -0.120. The normalized spacial score (nSPS) is 20.1. The molecule has 10 heavy (non-hydrogen) atoms. The SMILES string of the molecule is COCC(C)C(O)C(C)N. The fourth-order valence-electron chi connectivity index (χ4n) is 0.880. The van der Waals surface area contributed by atoms with Gasteiger partial charge in [0.2, 0.25) is 0 Å². The van der Waals surface area contributed by atoms with Crippen molar-refractivity contribution in [2.75, 3.05) is 13.7 Å². The molecule has 0 fully saturated rings. The van der Waals surface area contributed by atoms with Gasteiger partial charge in [0.1, 0.15) is 0 Å². The van der Waals surface area contributed by atoms with E-state index in [1.807, 2.05) is 6.92 Å². The molecule has 0 aliphatic carbocycles. The van der Waals surface area contributed by atoms with Crippen LogP contribution in [0.1, 0.15) is 13.8 Å². The molecule has 0 aromatic heterocycles. The minimum atomic E-state index is -0.458. The van der Waals surface area contributed by atoms with E-state index in [9.17, 15) is 5.11 Å². The average molecular weight is 147 g/mol. The van der Waals surface area contributed by atoms with Crippen molar-refractivity contribution >= 4 is 0 Å². The van der Waals surface area contributed by atoms with E-state index < -0.39 is 6.10 Å². The molecule has 3 heteroatoms. The lowest BCUT2D eigenvalue weighted by Gasteiger charge is -2.20. The average Bonchev–Trinajstić information content (AvgIpc) is 1.87. The highest BCUT2D eigenvalue weighted by molar-refractivity contribution is 4.71. The predicted molar refractivity (Wildman–Crippen MR) is 40.7 cm³/mol. The van der Waals surface area contributed by atoms with Crippen molar-refractivity contribution in [2.24, 2.45) is 11.7 Å². The minimum absolute atomic E-state index is 0.116. The smallest absolute Gasteiger partial charge is 0.0735 e. The van der Waals surface area contributed by atoms with E-state index in [1.165, 1.54) is 0 Å². The fourth-order valence-corrected chi connectivity index (χ4v) is 0.880. The van der Waals surface area contributed by atoms with Gasteiger partial charge in [-0.1, -0.05) is 6.92 Å². The molecule has 0 saturated carbocycles. The number of aliphatic hydroxyl groups excluding tert-OH is 1. The largest absolute Gasteiger partial charge is 0.391 e. The Labute approximate surface area is 62.2 Å². The van der Waals surface area contributed by atoms with Gasteiger partial charge in [-0.15, -0.1) is 0 Å². The Morgan fingerprint density at radius 2 is 2.00 bits per heavy atom. The zero-order valence-electron chi connectivity index (χ0n) is 6.87. The monoisotopic (exact) mass is 147 g/mol. The summed E-state index contributed by atoms with van der Waals surface area (Å²) < 4.78 is 4.86. The van der Waals surface area contributed by atoms with Crippen LogP contribution in [0.25, 0.3) is 0 Å². The summed E-state index contributed by atoms with van der Waals surface area (Å²) in [6.45, 7) is 4.26. The molecule has 0 heterocycles. The molecule has 0 radical (unpaired) electrons. The van der Waals surface area contributed by atoms with Crippen LogP contribution in [-0.2, 0) is 4.74 Å². The number of hydrogen-bond donors (Lipinski definition) is 2. The molecule has 3 nitrogen and oxygen atoms in total. The maximum Gasteiger partial charge on any atom is 0.0735 e. The molecule has 0 bridgehead atoms. The quantitative estimate of drug-likeness (QED) is 0.587. The molecule has 3 atom stereocenters. The van der Waals surface area contributed by atoms with Gasteiger partial charge in [-0.25, -0.2) is 0 Å². The van der Waals surface area contributed by atoms with Crippen molar-refractivity contribution in [1.29, 1.82) is 0 Å². The Morgan fingerprint density at radius 3 is 2.30 bits per heavy atom. The van der Waals surface area contributed by atoms with Gasteiger partial charge in [-0.2, -0.15) is 0 Å². The van der Waals surface area contributed by atoms with Crippen LogP contribution >= 0.6 is 0 Å². The third kappa shape index (κ3) is 3.15. The molecule has 0 aromatic rings. The van der Waals surface area contributed by atoms with Gasteiger partial charge in [0.15, 0.2) is 0 Å². The van der Waals surface area contributed by atoms with E-state index in [2.05, 4.69) is 0 Å². The maximum absolute atomic E-state index is 9.32. The number of nitrogens with two attached hydrogens (primary N) is 1. The van der Waals surface area contributed by atoms with Crippen LogP contribution in [0.4, 0.5) is 0 Å². The lowest BCUT2D eigenvalue weighted by Crippen LogP contribution is -2.38. The van der Waals surface area contributed by atoms with E-state index in [0.717, 1.165) is 0 Å². The molecule has 3 unspecified atom stereocenters. The number of aliphatic hydroxyl groups is 1. The van der Waals surface area contributed by atoms with Crippen molar-refractivity contribution in [3.05, 3.63) is 0 Å². The first-order chi connectivity index (χ1) is 4.59. The van der Waals surface area contributed by atoms with Crippen LogP contribution in [0.5, 0.6) is 0 Å². The molecule has 3 N–H and O–H groups in total. The third-order valence-corrected chi connectivity index (χ3v) is 1.55. The topological polar surface area (TPSA) is 55.5 Å². The standard InChI is InChI=1S/C7H17NO2/c1-5(4-10-3)7(9)6(2)8/h5-7,9H,4,8H2,1-3H3. The van der Waals surface area contributed by atoms with Crippen molar-refractivity contribution in [3.63, 3.8) is 0 Å². The second kappa shape index (κ2) is 4.66. The van der Waals surface area contributed by atoms with Gasteiger partial charge in [-0.3, -0.25) is 0 Å². The summed E-state index contributed by atoms with van der Waals surface area (Å²) in [6, 6.07) is -0.176. The molecule has 0 aliphatic heterocycles. The Morgan fingerprint density at radius 1 is 1.50 bits per heavy atom. The van der Waals surface area contributed by atoms with Gasteiger partial charge >= 0.3 is 0 Å². The van der Waals surface area contributed by atoms with E-state index in [-0.39, 0.29) is 12.0 Å². The Bertz CT molecular complexity index is 85.7. The van der Waals surface area contributed by atoms with E-state index in [1.54, 1.807) is 14.0 Å². The second-order valence-corrected chi connectivity index (χ2v) is 2.78. The van der Waals surface area contributed by atoms with Gasteiger partial charge in [0, 0.05) is 19.1 Å². The highest BCUT2D eigenvalue weighted by Gasteiger charge is 2.17. The lowest BCUT2D eigenvalue weighted by molar-refractivity contribution is 0.0446. The molecule has 0 spiro atoms. The number of rotatable bonds is 4.